The standard InChI is InChI=1S/C24H27N3O3S2/c1-3-13-27-23(29)21-18-7-5-4-6-8-19(18)32-22(21)26-24(27)31-15-20(28)25-14-16-9-11-17(30-2)12-10-16/h3,9-12H,1,4-8,13-15H2,2H3,(H,25,28). The van der Waals surface area contributed by atoms with Crippen molar-refractivity contribution in [3.63, 3.8) is 0 Å². The number of ether oxygens (including phenoxy) is 1. The Bertz CT molecular complexity index is 1180. The van der Waals surface area contributed by atoms with Crippen LogP contribution in [-0.4, -0.2) is 28.3 Å². The van der Waals surface area contributed by atoms with Crippen molar-refractivity contribution in [3.05, 3.63) is 63.3 Å². The molecule has 2 aromatic heterocycles. The smallest absolute Gasteiger partial charge is 0.263 e. The van der Waals surface area contributed by atoms with Crippen LogP contribution in [0.5, 0.6) is 5.75 Å². The highest BCUT2D eigenvalue weighted by molar-refractivity contribution is 7.99. The Morgan fingerprint density at radius 2 is 2.06 bits per heavy atom. The van der Waals surface area contributed by atoms with E-state index < -0.39 is 0 Å². The molecule has 1 aliphatic carbocycles. The van der Waals surface area contributed by atoms with Crippen molar-refractivity contribution < 1.29 is 9.53 Å². The maximum Gasteiger partial charge on any atom is 0.263 e. The molecular formula is C24H27N3O3S2. The van der Waals surface area contributed by atoms with Gasteiger partial charge in [0, 0.05) is 18.0 Å². The third kappa shape index (κ3) is 4.91. The van der Waals surface area contributed by atoms with Gasteiger partial charge in [0.15, 0.2) is 5.16 Å². The molecule has 0 fully saturated rings. The van der Waals surface area contributed by atoms with Crippen LogP contribution < -0.4 is 15.6 Å². The summed E-state index contributed by atoms with van der Waals surface area (Å²) in [7, 11) is 1.62. The summed E-state index contributed by atoms with van der Waals surface area (Å²) in [6, 6.07) is 7.58. The second-order valence-corrected chi connectivity index (χ2v) is 9.78. The maximum atomic E-state index is 13.3. The predicted octanol–water partition coefficient (Wildman–Crippen LogP) is 4.33. The summed E-state index contributed by atoms with van der Waals surface area (Å²) in [5, 5.41) is 4.26. The zero-order chi connectivity index (χ0) is 22.5. The molecular weight excluding hydrogens is 442 g/mol. The minimum Gasteiger partial charge on any atom is -0.497 e. The SMILES string of the molecule is C=CCn1c(SCC(=O)NCc2ccc(OC)cc2)nc2sc3c(c2c1=O)CCCCC3. The van der Waals surface area contributed by atoms with E-state index in [4.69, 9.17) is 9.72 Å². The highest BCUT2D eigenvalue weighted by Gasteiger charge is 2.21. The number of rotatable bonds is 8. The molecule has 6 nitrogen and oxygen atoms in total. The molecule has 32 heavy (non-hydrogen) atoms. The van der Waals surface area contributed by atoms with E-state index in [1.165, 1.54) is 28.6 Å². The Hall–Kier alpha value is -2.58. The van der Waals surface area contributed by atoms with E-state index in [2.05, 4.69) is 11.9 Å². The minimum atomic E-state index is -0.104. The number of carbonyl (C=O) groups is 1. The average molecular weight is 470 g/mol. The molecule has 168 valence electrons. The number of benzene rings is 1. The molecule has 8 heteroatoms. The van der Waals surface area contributed by atoms with Crippen LogP contribution in [0.3, 0.4) is 0 Å². The Balaban J connectivity index is 1.50. The average Bonchev–Trinajstić information content (AvgIpc) is 2.99. The van der Waals surface area contributed by atoms with Crippen molar-refractivity contribution in [3.8, 4) is 5.75 Å². The normalized spacial score (nSPS) is 13.4. The molecule has 2 heterocycles. The van der Waals surface area contributed by atoms with Gasteiger partial charge in [0.2, 0.25) is 5.91 Å². The number of methoxy groups -OCH3 is 1. The molecule has 1 aromatic carbocycles. The third-order valence-electron chi connectivity index (χ3n) is 5.58. The highest BCUT2D eigenvalue weighted by Crippen LogP contribution is 2.34. The number of nitrogens with zero attached hydrogens (tertiary/aromatic N) is 2. The van der Waals surface area contributed by atoms with Crippen molar-refractivity contribution in [2.75, 3.05) is 12.9 Å². The fourth-order valence-electron chi connectivity index (χ4n) is 3.92. The van der Waals surface area contributed by atoms with Gasteiger partial charge < -0.3 is 10.1 Å². The quantitative estimate of drug-likeness (QED) is 0.230. The van der Waals surface area contributed by atoms with E-state index in [1.54, 1.807) is 29.1 Å². The number of hydrogen-bond donors (Lipinski definition) is 1. The monoisotopic (exact) mass is 469 g/mol. The first-order valence-corrected chi connectivity index (χ1v) is 12.6. The summed E-state index contributed by atoms with van der Waals surface area (Å²) in [6.07, 6.45) is 7.15. The zero-order valence-electron chi connectivity index (χ0n) is 18.2. The first-order valence-electron chi connectivity index (χ1n) is 10.8. The van der Waals surface area contributed by atoms with Gasteiger partial charge in [-0.3, -0.25) is 14.2 Å². The molecule has 0 unspecified atom stereocenters. The van der Waals surface area contributed by atoms with Crippen LogP contribution in [-0.2, 0) is 30.7 Å². The number of aryl methyl sites for hydroxylation is 2. The Morgan fingerprint density at radius 1 is 1.28 bits per heavy atom. The van der Waals surface area contributed by atoms with Gasteiger partial charge in [0.05, 0.1) is 18.2 Å². The fraction of sp³-hybridized carbons (Fsp3) is 0.375. The van der Waals surface area contributed by atoms with Crippen molar-refractivity contribution in [2.24, 2.45) is 0 Å². The van der Waals surface area contributed by atoms with Gasteiger partial charge in [-0.1, -0.05) is 36.4 Å². The van der Waals surface area contributed by atoms with Crippen LogP contribution in [0, 0.1) is 0 Å². The van der Waals surface area contributed by atoms with E-state index in [-0.39, 0.29) is 17.2 Å². The fourth-order valence-corrected chi connectivity index (χ4v) is 6.06. The molecule has 0 aliphatic heterocycles. The summed E-state index contributed by atoms with van der Waals surface area (Å²) < 4.78 is 6.80. The minimum absolute atomic E-state index is 0.0181. The Labute approximate surface area is 195 Å². The van der Waals surface area contributed by atoms with Crippen LogP contribution in [0.2, 0.25) is 0 Å². The van der Waals surface area contributed by atoms with Crippen LogP contribution in [0.25, 0.3) is 10.2 Å². The second-order valence-electron chi connectivity index (χ2n) is 7.76. The summed E-state index contributed by atoms with van der Waals surface area (Å²) in [5.41, 5.74) is 2.16. The molecule has 0 saturated carbocycles. The lowest BCUT2D eigenvalue weighted by atomic mass is 10.1. The second kappa shape index (κ2) is 10.4. The lowest BCUT2D eigenvalue weighted by Gasteiger charge is -2.11. The van der Waals surface area contributed by atoms with Gasteiger partial charge in [-0.2, -0.15) is 0 Å². The molecule has 1 N–H and O–H groups in total. The van der Waals surface area contributed by atoms with E-state index in [9.17, 15) is 9.59 Å². The molecule has 0 radical (unpaired) electrons. The summed E-state index contributed by atoms with van der Waals surface area (Å²) in [6.45, 7) is 4.61. The van der Waals surface area contributed by atoms with Crippen LogP contribution in [0.4, 0.5) is 0 Å². The van der Waals surface area contributed by atoms with Gasteiger partial charge in [-0.25, -0.2) is 4.98 Å². The predicted molar refractivity (Wildman–Crippen MR) is 131 cm³/mol. The van der Waals surface area contributed by atoms with Gasteiger partial charge in [0.25, 0.3) is 5.56 Å². The molecule has 0 bridgehead atoms. The Kier molecular flexibility index (Phi) is 7.32. The van der Waals surface area contributed by atoms with E-state index in [0.717, 1.165) is 47.2 Å². The first kappa shape index (κ1) is 22.6. The van der Waals surface area contributed by atoms with Crippen molar-refractivity contribution in [1.29, 1.82) is 0 Å². The van der Waals surface area contributed by atoms with Gasteiger partial charge >= 0.3 is 0 Å². The van der Waals surface area contributed by atoms with Gasteiger partial charge in [-0.05, 0) is 48.9 Å². The third-order valence-corrected chi connectivity index (χ3v) is 7.74. The number of thiophene rings is 1. The van der Waals surface area contributed by atoms with Crippen LogP contribution in [0.15, 0.2) is 46.9 Å². The molecule has 0 atom stereocenters. The van der Waals surface area contributed by atoms with Crippen LogP contribution in [0.1, 0.15) is 35.3 Å². The maximum absolute atomic E-state index is 13.3. The van der Waals surface area contributed by atoms with Crippen molar-refractivity contribution in [1.82, 2.24) is 14.9 Å². The summed E-state index contributed by atoms with van der Waals surface area (Å²) >= 11 is 2.93. The number of amides is 1. The first-order chi connectivity index (χ1) is 15.6. The van der Waals surface area contributed by atoms with Gasteiger partial charge in [0.1, 0.15) is 10.6 Å². The zero-order valence-corrected chi connectivity index (χ0v) is 19.8. The summed E-state index contributed by atoms with van der Waals surface area (Å²) in [5.74, 6) is 0.867. The van der Waals surface area contributed by atoms with E-state index >= 15 is 0 Å². The number of hydrogen-bond acceptors (Lipinski definition) is 6. The molecule has 1 aliphatic rings. The highest BCUT2D eigenvalue weighted by atomic mass is 32.2. The molecule has 3 aromatic rings. The molecule has 1 amide bonds. The van der Waals surface area contributed by atoms with E-state index in [0.29, 0.717) is 18.2 Å². The van der Waals surface area contributed by atoms with Crippen LogP contribution >= 0.6 is 23.1 Å². The number of allylic oxidation sites excluding steroid dienone is 1. The molecule has 0 spiro atoms. The number of carbonyl (C=O) groups excluding carboxylic acids is 1. The largest absolute Gasteiger partial charge is 0.497 e. The van der Waals surface area contributed by atoms with E-state index in [1.807, 2.05) is 24.3 Å². The van der Waals surface area contributed by atoms with Crippen molar-refractivity contribution in [2.45, 2.75) is 50.4 Å². The Morgan fingerprint density at radius 3 is 2.81 bits per heavy atom. The number of fused-ring (bicyclic) bond motifs is 3. The lowest BCUT2D eigenvalue weighted by molar-refractivity contribution is -0.118. The topological polar surface area (TPSA) is 73.2 Å². The number of nitrogens with one attached hydrogen (secondary N) is 1. The van der Waals surface area contributed by atoms with Gasteiger partial charge in [-0.15, -0.1) is 17.9 Å². The number of aromatic nitrogens is 2. The lowest BCUT2D eigenvalue weighted by Crippen LogP contribution is -2.26. The summed E-state index contributed by atoms with van der Waals surface area (Å²) in [4.78, 5) is 32.7. The molecule has 0 saturated heterocycles. The van der Waals surface area contributed by atoms with Crippen molar-refractivity contribution >= 4 is 39.2 Å². The molecule has 4 rings (SSSR count). The number of thioether (sulfide) groups is 1.